The molecule has 0 bridgehead atoms. The van der Waals surface area contributed by atoms with Gasteiger partial charge in [0, 0.05) is 7.05 Å². The molecule has 1 aromatic heterocycles. The van der Waals surface area contributed by atoms with Crippen molar-refractivity contribution in [3.63, 3.8) is 0 Å². The molecule has 0 fully saturated rings. The molecule has 0 aliphatic carbocycles. The minimum Gasteiger partial charge on any atom is -0.377 e. The summed E-state index contributed by atoms with van der Waals surface area (Å²) in [5.41, 5.74) is 1.43. The van der Waals surface area contributed by atoms with Gasteiger partial charge in [0.2, 0.25) is 0 Å². The maximum atomic E-state index is 8.89. The molecule has 16 heavy (non-hydrogen) atoms. The van der Waals surface area contributed by atoms with E-state index < -0.39 is 0 Å². The maximum Gasteiger partial charge on any atom is 0.169 e. The molecular formula is C11H11N5. The Morgan fingerprint density at radius 1 is 1.44 bits per heavy atom. The molecule has 0 radical (unpaired) electrons. The molecule has 2 aromatic rings. The van der Waals surface area contributed by atoms with Crippen LogP contribution < -0.4 is 5.32 Å². The Labute approximate surface area is 93.4 Å². The fourth-order valence-corrected chi connectivity index (χ4v) is 1.37. The first-order valence-corrected chi connectivity index (χ1v) is 4.87. The molecule has 1 heterocycles. The fourth-order valence-electron chi connectivity index (χ4n) is 1.37. The van der Waals surface area contributed by atoms with Crippen molar-refractivity contribution in [3.8, 4) is 6.07 Å². The highest BCUT2D eigenvalue weighted by molar-refractivity contribution is 5.56. The largest absolute Gasteiger partial charge is 0.377 e. The Morgan fingerprint density at radius 3 is 2.94 bits per heavy atom. The zero-order valence-corrected chi connectivity index (χ0v) is 8.88. The van der Waals surface area contributed by atoms with Crippen LogP contribution in [0.3, 0.4) is 0 Å². The van der Waals surface area contributed by atoms with Crippen LogP contribution in [0.2, 0.25) is 0 Å². The van der Waals surface area contributed by atoms with Crippen molar-refractivity contribution < 1.29 is 0 Å². The second-order valence-corrected chi connectivity index (χ2v) is 3.35. The first-order chi connectivity index (χ1) is 7.79. The van der Waals surface area contributed by atoms with E-state index in [1.807, 2.05) is 25.2 Å². The smallest absolute Gasteiger partial charge is 0.169 e. The van der Waals surface area contributed by atoms with Crippen molar-refractivity contribution in [2.24, 2.45) is 7.05 Å². The number of anilines is 1. The molecule has 1 N–H and O–H groups in total. The minimum absolute atomic E-state index is 0.513. The Morgan fingerprint density at radius 2 is 2.25 bits per heavy atom. The molecule has 1 aromatic carbocycles. The van der Waals surface area contributed by atoms with E-state index in [2.05, 4.69) is 21.5 Å². The van der Waals surface area contributed by atoms with Crippen molar-refractivity contribution >= 4 is 5.69 Å². The number of hydrogen-bond acceptors (Lipinski definition) is 4. The van der Waals surface area contributed by atoms with Gasteiger partial charge in [-0.25, -0.2) is 4.98 Å². The zero-order chi connectivity index (χ0) is 11.4. The topological polar surface area (TPSA) is 66.5 Å². The number of benzene rings is 1. The molecule has 0 unspecified atom stereocenters. The highest BCUT2D eigenvalue weighted by Gasteiger charge is 2.02. The lowest BCUT2D eigenvalue weighted by Crippen LogP contribution is -2.03. The normalized spacial score (nSPS) is 9.75. The average molecular weight is 213 g/mol. The predicted octanol–water partition coefficient (Wildman–Crippen LogP) is 1.30. The second kappa shape index (κ2) is 4.45. The highest BCUT2D eigenvalue weighted by Crippen LogP contribution is 2.13. The van der Waals surface area contributed by atoms with Crippen LogP contribution in [0.1, 0.15) is 11.4 Å². The number of aromatic nitrogens is 3. The van der Waals surface area contributed by atoms with E-state index in [9.17, 15) is 0 Å². The number of para-hydroxylation sites is 1. The third kappa shape index (κ3) is 2.17. The van der Waals surface area contributed by atoms with E-state index in [4.69, 9.17) is 5.26 Å². The van der Waals surface area contributed by atoms with E-state index >= 15 is 0 Å². The lowest BCUT2D eigenvalue weighted by atomic mass is 10.2. The summed E-state index contributed by atoms with van der Waals surface area (Å²) in [6.07, 6.45) is 1.65. The van der Waals surface area contributed by atoms with Gasteiger partial charge in [0.15, 0.2) is 5.82 Å². The number of nitriles is 1. The summed E-state index contributed by atoms with van der Waals surface area (Å²) in [5.74, 6) is 0.704. The van der Waals surface area contributed by atoms with Crippen molar-refractivity contribution in [3.05, 3.63) is 42.0 Å². The Bertz CT molecular complexity index is 523. The van der Waals surface area contributed by atoms with Gasteiger partial charge in [-0.2, -0.15) is 10.4 Å². The standard InChI is InChI=1S/C11H11N5/c1-16-8-14-11(15-16)7-13-10-5-3-2-4-9(10)6-12/h2-5,8,13H,7H2,1H3. The third-order valence-corrected chi connectivity index (χ3v) is 2.13. The molecule has 0 aliphatic rings. The van der Waals surface area contributed by atoms with Gasteiger partial charge in [0.05, 0.1) is 17.8 Å². The predicted molar refractivity (Wildman–Crippen MR) is 59.5 cm³/mol. The van der Waals surface area contributed by atoms with Crippen LogP contribution in [0.5, 0.6) is 0 Å². The van der Waals surface area contributed by atoms with Crippen LogP contribution in [-0.4, -0.2) is 14.8 Å². The van der Waals surface area contributed by atoms with Crippen LogP contribution in [-0.2, 0) is 13.6 Å². The van der Waals surface area contributed by atoms with Crippen molar-refractivity contribution in [1.29, 1.82) is 5.26 Å². The molecule has 5 nitrogen and oxygen atoms in total. The lowest BCUT2D eigenvalue weighted by molar-refractivity contribution is 0.747. The monoisotopic (exact) mass is 213 g/mol. The van der Waals surface area contributed by atoms with Crippen molar-refractivity contribution in [2.45, 2.75) is 6.54 Å². The second-order valence-electron chi connectivity index (χ2n) is 3.35. The number of nitrogens with one attached hydrogen (secondary N) is 1. The fraction of sp³-hybridized carbons (Fsp3) is 0.182. The van der Waals surface area contributed by atoms with Crippen LogP contribution in [0, 0.1) is 11.3 Å². The first kappa shape index (κ1) is 10.2. The van der Waals surface area contributed by atoms with E-state index in [-0.39, 0.29) is 0 Å². The number of rotatable bonds is 3. The molecule has 5 heteroatoms. The van der Waals surface area contributed by atoms with E-state index in [0.29, 0.717) is 17.9 Å². The van der Waals surface area contributed by atoms with Gasteiger partial charge in [-0.05, 0) is 12.1 Å². The van der Waals surface area contributed by atoms with Gasteiger partial charge in [-0.1, -0.05) is 12.1 Å². The van der Waals surface area contributed by atoms with Crippen LogP contribution in [0.15, 0.2) is 30.6 Å². The Kier molecular flexibility index (Phi) is 2.83. The molecule has 0 saturated carbocycles. The lowest BCUT2D eigenvalue weighted by Gasteiger charge is -2.04. The molecule has 0 aliphatic heterocycles. The number of aryl methyl sites for hydroxylation is 1. The SMILES string of the molecule is Cn1cnc(CNc2ccccc2C#N)n1. The minimum atomic E-state index is 0.513. The molecule has 0 spiro atoms. The van der Waals surface area contributed by atoms with Gasteiger partial charge >= 0.3 is 0 Å². The Hall–Kier alpha value is -2.35. The van der Waals surface area contributed by atoms with E-state index in [1.54, 1.807) is 17.1 Å². The van der Waals surface area contributed by atoms with Crippen LogP contribution >= 0.6 is 0 Å². The van der Waals surface area contributed by atoms with Gasteiger partial charge in [-0.15, -0.1) is 0 Å². The molecular weight excluding hydrogens is 202 g/mol. The summed E-state index contributed by atoms with van der Waals surface area (Å²) in [7, 11) is 1.82. The molecule has 80 valence electrons. The average Bonchev–Trinajstić information content (AvgIpc) is 2.73. The summed E-state index contributed by atoms with van der Waals surface area (Å²) in [6.45, 7) is 0.513. The van der Waals surface area contributed by atoms with Crippen molar-refractivity contribution in [1.82, 2.24) is 14.8 Å². The first-order valence-electron chi connectivity index (χ1n) is 4.87. The summed E-state index contributed by atoms with van der Waals surface area (Å²) >= 11 is 0. The summed E-state index contributed by atoms with van der Waals surface area (Å²) in [6, 6.07) is 9.48. The van der Waals surface area contributed by atoms with Gasteiger partial charge in [-0.3, -0.25) is 4.68 Å². The number of hydrogen-bond donors (Lipinski definition) is 1. The molecule has 0 saturated heterocycles. The van der Waals surface area contributed by atoms with Crippen LogP contribution in [0.4, 0.5) is 5.69 Å². The molecule has 0 amide bonds. The van der Waals surface area contributed by atoms with Crippen molar-refractivity contribution in [2.75, 3.05) is 5.32 Å². The summed E-state index contributed by atoms with van der Waals surface area (Å²) in [4.78, 5) is 4.09. The maximum absolute atomic E-state index is 8.89. The Balaban J connectivity index is 2.08. The van der Waals surface area contributed by atoms with E-state index in [0.717, 1.165) is 5.69 Å². The van der Waals surface area contributed by atoms with Gasteiger partial charge in [0.1, 0.15) is 12.4 Å². The van der Waals surface area contributed by atoms with E-state index in [1.165, 1.54) is 0 Å². The summed E-state index contributed by atoms with van der Waals surface area (Å²) < 4.78 is 1.65. The van der Waals surface area contributed by atoms with Crippen LogP contribution in [0.25, 0.3) is 0 Å². The highest BCUT2D eigenvalue weighted by atomic mass is 15.3. The number of nitrogens with zero attached hydrogens (tertiary/aromatic N) is 4. The molecule has 2 rings (SSSR count). The summed E-state index contributed by atoms with van der Waals surface area (Å²) in [5, 5.41) is 16.2. The van der Waals surface area contributed by atoms with Gasteiger partial charge in [0.25, 0.3) is 0 Å². The molecule has 0 atom stereocenters. The van der Waals surface area contributed by atoms with Gasteiger partial charge < -0.3 is 5.32 Å². The third-order valence-electron chi connectivity index (χ3n) is 2.13. The quantitative estimate of drug-likeness (QED) is 0.834. The zero-order valence-electron chi connectivity index (χ0n) is 8.88.